The van der Waals surface area contributed by atoms with Gasteiger partial charge in [0, 0.05) is 11.9 Å². The Bertz CT molecular complexity index is 599. The van der Waals surface area contributed by atoms with Crippen LogP contribution < -0.4 is 5.32 Å². The standard InChI is InChI=1S/C13H14N4O2/c1-8-6-9(2)16-12(11(8)13(18)19)14-7-10-4-3-5-15-17-10/h3-6H,7H2,1-2H3,(H,14,16)(H,18,19). The van der Waals surface area contributed by atoms with Gasteiger partial charge in [-0.1, -0.05) is 0 Å². The lowest BCUT2D eigenvalue weighted by molar-refractivity contribution is 0.0697. The molecule has 0 aliphatic heterocycles. The number of rotatable bonds is 4. The first-order valence-electron chi connectivity index (χ1n) is 5.80. The fraction of sp³-hybridized carbons (Fsp3) is 0.231. The molecule has 19 heavy (non-hydrogen) atoms. The Kier molecular flexibility index (Phi) is 3.70. The zero-order chi connectivity index (χ0) is 13.8. The van der Waals surface area contributed by atoms with Crippen molar-refractivity contribution in [1.29, 1.82) is 0 Å². The second kappa shape index (κ2) is 5.43. The van der Waals surface area contributed by atoms with Crippen LogP contribution in [0.2, 0.25) is 0 Å². The maximum absolute atomic E-state index is 11.3. The van der Waals surface area contributed by atoms with E-state index in [1.807, 2.05) is 13.0 Å². The molecule has 0 fully saturated rings. The SMILES string of the molecule is Cc1cc(C)c(C(=O)O)c(NCc2cccnn2)n1. The van der Waals surface area contributed by atoms with Crippen molar-refractivity contribution in [2.45, 2.75) is 20.4 Å². The van der Waals surface area contributed by atoms with Crippen LogP contribution in [0.4, 0.5) is 5.82 Å². The Morgan fingerprint density at radius 2 is 2.21 bits per heavy atom. The van der Waals surface area contributed by atoms with E-state index < -0.39 is 5.97 Å². The number of carboxylic acid groups (broad SMARTS) is 1. The maximum atomic E-state index is 11.3. The van der Waals surface area contributed by atoms with Crippen molar-refractivity contribution in [2.24, 2.45) is 0 Å². The van der Waals surface area contributed by atoms with E-state index in [2.05, 4.69) is 20.5 Å². The summed E-state index contributed by atoms with van der Waals surface area (Å²) in [5.41, 5.74) is 2.36. The van der Waals surface area contributed by atoms with Gasteiger partial charge in [0.15, 0.2) is 0 Å². The molecule has 0 atom stereocenters. The van der Waals surface area contributed by atoms with Gasteiger partial charge in [-0.2, -0.15) is 10.2 Å². The first-order chi connectivity index (χ1) is 9.08. The summed E-state index contributed by atoms with van der Waals surface area (Å²) in [5.74, 6) is -0.637. The van der Waals surface area contributed by atoms with Gasteiger partial charge in [0.2, 0.25) is 0 Å². The number of pyridine rings is 1. The average Bonchev–Trinajstić information content (AvgIpc) is 2.36. The van der Waals surface area contributed by atoms with Crippen LogP contribution in [0.15, 0.2) is 24.4 Å². The molecule has 0 aliphatic carbocycles. The van der Waals surface area contributed by atoms with Crippen molar-refractivity contribution in [3.63, 3.8) is 0 Å². The fourth-order valence-electron chi connectivity index (χ4n) is 1.84. The molecule has 2 aromatic rings. The van der Waals surface area contributed by atoms with Crippen molar-refractivity contribution in [1.82, 2.24) is 15.2 Å². The molecule has 2 aromatic heterocycles. The largest absolute Gasteiger partial charge is 0.478 e. The Labute approximate surface area is 110 Å². The number of nitrogens with one attached hydrogen (secondary N) is 1. The smallest absolute Gasteiger partial charge is 0.339 e. The lowest BCUT2D eigenvalue weighted by Gasteiger charge is -2.11. The zero-order valence-corrected chi connectivity index (χ0v) is 10.7. The molecule has 0 saturated carbocycles. The van der Waals surface area contributed by atoms with Crippen LogP contribution in [0.25, 0.3) is 0 Å². The first kappa shape index (κ1) is 12.9. The number of aromatic nitrogens is 3. The highest BCUT2D eigenvalue weighted by Gasteiger charge is 2.15. The molecular weight excluding hydrogens is 244 g/mol. The predicted molar refractivity (Wildman–Crippen MR) is 70.0 cm³/mol. The fourth-order valence-corrected chi connectivity index (χ4v) is 1.84. The number of hydrogen-bond donors (Lipinski definition) is 2. The molecule has 2 rings (SSSR count). The molecule has 2 N–H and O–H groups in total. The van der Waals surface area contributed by atoms with Gasteiger partial charge in [0.1, 0.15) is 11.4 Å². The summed E-state index contributed by atoms with van der Waals surface area (Å²) in [5, 5.41) is 19.9. The summed E-state index contributed by atoms with van der Waals surface area (Å²) < 4.78 is 0. The minimum atomic E-state index is -0.994. The molecule has 2 heterocycles. The van der Waals surface area contributed by atoms with Gasteiger partial charge in [-0.25, -0.2) is 9.78 Å². The third-order valence-electron chi connectivity index (χ3n) is 2.62. The van der Waals surface area contributed by atoms with E-state index in [4.69, 9.17) is 0 Å². The second-order valence-electron chi connectivity index (χ2n) is 4.18. The summed E-state index contributed by atoms with van der Waals surface area (Å²) in [6.07, 6.45) is 1.58. The van der Waals surface area contributed by atoms with Gasteiger partial charge in [-0.3, -0.25) is 0 Å². The van der Waals surface area contributed by atoms with Gasteiger partial charge >= 0.3 is 5.97 Å². The lowest BCUT2D eigenvalue weighted by Crippen LogP contribution is -2.11. The van der Waals surface area contributed by atoms with Crippen LogP contribution in [0.1, 0.15) is 27.3 Å². The molecule has 6 heteroatoms. The van der Waals surface area contributed by atoms with E-state index in [-0.39, 0.29) is 5.56 Å². The van der Waals surface area contributed by atoms with Crippen LogP contribution in [-0.2, 0) is 6.54 Å². The minimum Gasteiger partial charge on any atom is -0.478 e. The lowest BCUT2D eigenvalue weighted by atomic mass is 10.1. The number of carbonyl (C=O) groups is 1. The van der Waals surface area contributed by atoms with Crippen LogP contribution in [0, 0.1) is 13.8 Å². The maximum Gasteiger partial charge on any atom is 0.339 e. The third-order valence-corrected chi connectivity index (χ3v) is 2.62. The Morgan fingerprint density at radius 1 is 1.42 bits per heavy atom. The number of hydrogen-bond acceptors (Lipinski definition) is 5. The molecule has 0 spiro atoms. The molecular formula is C13H14N4O2. The van der Waals surface area contributed by atoms with Crippen molar-refractivity contribution in [3.05, 3.63) is 46.9 Å². The van der Waals surface area contributed by atoms with Crippen LogP contribution in [0.5, 0.6) is 0 Å². The van der Waals surface area contributed by atoms with E-state index >= 15 is 0 Å². The average molecular weight is 258 g/mol. The molecule has 0 saturated heterocycles. The Hall–Kier alpha value is -2.50. The number of aryl methyl sites for hydroxylation is 2. The minimum absolute atomic E-state index is 0.189. The molecule has 6 nitrogen and oxygen atoms in total. The molecule has 0 bridgehead atoms. The van der Waals surface area contributed by atoms with Crippen molar-refractivity contribution >= 4 is 11.8 Å². The number of anilines is 1. The van der Waals surface area contributed by atoms with E-state index in [0.29, 0.717) is 17.9 Å². The highest BCUT2D eigenvalue weighted by Crippen LogP contribution is 2.19. The zero-order valence-electron chi connectivity index (χ0n) is 10.7. The summed E-state index contributed by atoms with van der Waals surface area (Å²) in [7, 11) is 0. The summed E-state index contributed by atoms with van der Waals surface area (Å²) >= 11 is 0. The highest BCUT2D eigenvalue weighted by molar-refractivity contribution is 5.94. The van der Waals surface area contributed by atoms with E-state index in [1.165, 1.54) is 0 Å². The molecule has 0 aliphatic rings. The third kappa shape index (κ3) is 3.04. The second-order valence-corrected chi connectivity index (χ2v) is 4.18. The monoisotopic (exact) mass is 258 g/mol. The molecule has 0 unspecified atom stereocenters. The Balaban J connectivity index is 2.27. The molecule has 0 aromatic carbocycles. The van der Waals surface area contributed by atoms with E-state index in [1.54, 1.807) is 25.3 Å². The Morgan fingerprint density at radius 3 is 2.84 bits per heavy atom. The normalized spacial score (nSPS) is 10.2. The summed E-state index contributed by atoms with van der Waals surface area (Å²) in [4.78, 5) is 15.5. The van der Waals surface area contributed by atoms with Crippen LogP contribution in [-0.4, -0.2) is 26.3 Å². The van der Waals surface area contributed by atoms with Gasteiger partial charge < -0.3 is 10.4 Å². The van der Waals surface area contributed by atoms with Crippen LogP contribution in [0.3, 0.4) is 0 Å². The van der Waals surface area contributed by atoms with E-state index in [9.17, 15) is 9.90 Å². The topological polar surface area (TPSA) is 88.0 Å². The van der Waals surface area contributed by atoms with Gasteiger partial charge in [0.05, 0.1) is 12.2 Å². The summed E-state index contributed by atoms with van der Waals surface area (Å²) in [6.45, 7) is 3.96. The van der Waals surface area contributed by atoms with Crippen molar-refractivity contribution < 1.29 is 9.90 Å². The number of carboxylic acids is 1. The number of nitrogens with zero attached hydrogens (tertiary/aromatic N) is 3. The quantitative estimate of drug-likeness (QED) is 0.869. The van der Waals surface area contributed by atoms with Gasteiger partial charge in [-0.05, 0) is 37.6 Å². The van der Waals surface area contributed by atoms with Crippen LogP contribution >= 0.6 is 0 Å². The molecule has 98 valence electrons. The first-order valence-corrected chi connectivity index (χ1v) is 5.80. The highest BCUT2D eigenvalue weighted by atomic mass is 16.4. The summed E-state index contributed by atoms with van der Waals surface area (Å²) in [6, 6.07) is 5.33. The predicted octanol–water partition coefficient (Wildman–Crippen LogP) is 1.80. The van der Waals surface area contributed by atoms with Gasteiger partial charge in [-0.15, -0.1) is 0 Å². The molecule has 0 amide bonds. The number of aromatic carboxylic acids is 1. The molecule has 0 radical (unpaired) electrons. The van der Waals surface area contributed by atoms with Gasteiger partial charge in [0.25, 0.3) is 0 Å². The van der Waals surface area contributed by atoms with Crippen molar-refractivity contribution in [2.75, 3.05) is 5.32 Å². The van der Waals surface area contributed by atoms with Crippen molar-refractivity contribution in [3.8, 4) is 0 Å². The van der Waals surface area contributed by atoms with E-state index in [0.717, 1.165) is 11.4 Å².